The van der Waals surface area contributed by atoms with Gasteiger partial charge in [0, 0.05) is 19.2 Å². The third-order valence-electron chi connectivity index (χ3n) is 3.50. The molecular weight excluding hydrogens is 204 g/mol. The molecule has 2 aliphatic heterocycles. The summed E-state index contributed by atoms with van der Waals surface area (Å²) in [5.41, 5.74) is 0. The van der Waals surface area contributed by atoms with Gasteiger partial charge in [-0.15, -0.1) is 0 Å². The van der Waals surface area contributed by atoms with Crippen molar-refractivity contribution < 1.29 is 9.53 Å². The van der Waals surface area contributed by atoms with E-state index in [0.717, 1.165) is 45.4 Å². The van der Waals surface area contributed by atoms with Crippen LogP contribution in [0.5, 0.6) is 0 Å². The Hall–Kier alpha value is -0.610. The van der Waals surface area contributed by atoms with Crippen LogP contribution in [0.2, 0.25) is 0 Å². The molecule has 0 saturated carbocycles. The molecule has 2 fully saturated rings. The Labute approximate surface area is 97.1 Å². The lowest BCUT2D eigenvalue weighted by Crippen LogP contribution is -2.47. The molecule has 2 N–H and O–H groups in total. The highest BCUT2D eigenvalue weighted by molar-refractivity contribution is 5.79. The number of hydrogen-bond donors (Lipinski definition) is 2. The molecule has 4 heteroatoms. The van der Waals surface area contributed by atoms with Gasteiger partial charge in [0.05, 0.1) is 12.0 Å². The third kappa shape index (κ3) is 3.19. The second kappa shape index (κ2) is 5.64. The van der Waals surface area contributed by atoms with E-state index in [9.17, 15) is 4.79 Å². The van der Waals surface area contributed by atoms with Crippen molar-refractivity contribution in [2.24, 2.45) is 5.92 Å². The molecule has 2 rings (SSSR count). The molecule has 0 aromatic carbocycles. The van der Waals surface area contributed by atoms with Crippen LogP contribution in [-0.4, -0.2) is 37.7 Å². The average molecular weight is 226 g/mol. The average Bonchev–Trinajstić information content (AvgIpc) is 2.30. The fourth-order valence-electron chi connectivity index (χ4n) is 2.52. The zero-order chi connectivity index (χ0) is 11.4. The van der Waals surface area contributed by atoms with Crippen LogP contribution in [0.15, 0.2) is 0 Å². The van der Waals surface area contributed by atoms with Crippen LogP contribution in [0, 0.1) is 5.92 Å². The van der Waals surface area contributed by atoms with E-state index in [2.05, 4.69) is 17.6 Å². The normalized spacial score (nSPS) is 35.7. The Kier molecular flexibility index (Phi) is 4.18. The predicted octanol–water partition coefficient (Wildman–Crippen LogP) is 0.670. The SMILES string of the molecule is CC1CC(NC(=O)[C@@H]2CCCNC2)CCO1. The van der Waals surface area contributed by atoms with Gasteiger partial charge in [-0.25, -0.2) is 0 Å². The Morgan fingerprint density at radius 1 is 1.44 bits per heavy atom. The highest BCUT2D eigenvalue weighted by Gasteiger charge is 2.25. The van der Waals surface area contributed by atoms with Crippen molar-refractivity contribution in [3.63, 3.8) is 0 Å². The monoisotopic (exact) mass is 226 g/mol. The van der Waals surface area contributed by atoms with Crippen LogP contribution in [-0.2, 0) is 9.53 Å². The number of ether oxygens (including phenoxy) is 1. The first kappa shape index (κ1) is 11.9. The van der Waals surface area contributed by atoms with Gasteiger partial charge < -0.3 is 15.4 Å². The van der Waals surface area contributed by atoms with Gasteiger partial charge in [0.2, 0.25) is 5.91 Å². The number of carbonyl (C=O) groups excluding carboxylic acids is 1. The molecule has 2 heterocycles. The molecule has 0 aromatic heterocycles. The van der Waals surface area contributed by atoms with E-state index in [0.29, 0.717) is 6.04 Å². The van der Waals surface area contributed by atoms with Gasteiger partial charge in [-0.2, -0.15) is 0 Å². The van der Waals surface area contributed by atoms with Crippen LogP contribution in [0.4, 0.5) is 0 Å². The zero-order valence-corrected chi connectivity index (χ0v) is 10.00. The first-order valence-electron chi connectivity index (χ1n) is 6.38. The zero-order valence-electron chi connectivity index (χ0n) is 10.00. The van der Waals surface area contributed by atoms with Crippen molar-refractivity contribution in [2.75, 3.05) is 19.7 Å². The van der Waals surface area contributed by atoms with Crippen LogP contribution in [0.1, 0.15) is 32.6 Å². The molecule has 3 atom stereocenters. The molecule has 92 valence electrons. The summed E-state index contributed by atoms with van der Waals surface area (Å²) in [6.45, 7) is 4.73. The standard InChI is InChI=1S/C12H22N2O2/c1-9-7-11(4-6-16-9)14-12(15)10-3-2-5-13-8-10/h9-11,13H,2-8H2,1H3,(H,14,15)/t9?,10-,11?/m1/s1. The molecule has 0 aliphatic carbocycles. The van der Waals surface area contributed by atoms with E-state index in [1.807, 2.05) is 0 Å². The fourth-order valence-corrected chi connectivity index (χ4v) is 2.52. The molecule has 0 aromatic rings. The van der Waals surface area contributed by atoms with E-state index in [4.69, 9.17) is 4.74 Å². The lowest BCUT2D eigenvalue weighted by atomic mass is 9.97. The maximum absolute atomic E-state index is 12.0. The van der Waals surface area contributed by atoms with Crippen molar-refractivity contribution in [3.8, 4) is 0 Å². The molecule has 0 bridgehead atoms. The van der Waals surface area contributed by atoms with Crippen molar-refractivity contribution in [3.05, 3.63) is 0 Å². The highest BCUT2D eigenvalue weighted by atomic mass is 16.5. The number of piperidine rings is 1. The Morgan fingerprint density at radius 3 is 3.00 bits per heavy atom. The lowest BCUT2D eigenvalue weighted by molar-refractivity contribution is -0.127. The van der Waals surface area contributed by atoms with E-state index in [1.54, 1.807) is 0 Å². The topological polar surface area (TPSA) is 50.4 Å². The largest absolute Gasteiger partial charge is 0.378 e. The Morgan fingerprint density at radius 2 is 2.31 bits per heavy atom. The number of amides is 1. The molecule has 2 unspecified atom stereocenters. The van der Waals surface area contributed by atoms with Crippen molar-refractivity contribution >= 4 is 5.91 Å². The van der Waals surface area contributed by atoms with E-state index < -0.39 is 0 Å². The van der Waals surface area contributed by atoms with Gasteiger partial charge in [0.15, 0.2) is 0 Å². The van der Waals surface area contributed by atoms with Gasteiger partial charge >= 0.3 is 0 Å². The summed E-state index contributed by atoms with van der Waals surface area (Å²) in [7, 11) is 0. The number of rotatable bonds is 2. The molecule has 1 amide bonds. The predicted molar refractivity (Wildman–Crippen MR) is 62.2 cm³/mol. The summed E-state index contributed by atoms with van der Waals surface area (Å²) in [6, 6.07) is 0.318. The minimum atomic E-state index is 0.173. The molecule has 2 saturated heterocycles. The molecule has 2 aliphatic rings. The van der Waals surface area contributed by atoms with Gasteiger partial charge in [0.25, 0.3) is 0 Å². The van der Waals surface area contributed by atoms with Crippen LogP contribution in [0.25, 0.3) is 0 Å². The third-order valence-corrected chi connectivity index (χ3v) is 3.50. The van der Waals surface area contributed by atoms with Crippen molar-refractivity contribution in [2.45, 2.75) is 44.8 Å². The number of hydrogen-bond acceptors (Lipinski definition) is 3. The van der Waals surface area contributed by atoms with Crippen molar-refractivity contribution in [1.29, 1.82) is 0 Å². The van der Waals surface area contributed by atoms with Gasteiger partial charge in [-0.1, -0.05) is 0 Å². The molecule has 4 nitrogen and oxygen atoms in total. The Bertz CT molecular complexity index is 239. The van der Waals surface area contributed by atoms with E-state index >= 15 is 0 Å². The summed E-state index contributed by atoms with van der Waals surface area (Å²) in [5.74, 6) is 0.401. The second-order valence-electron chi connectivity index (χ2n) is 4.95. The fraction of sp³-hybridized carbons (Fsp3) is 0.917. The second-order valence-corrected chi connectivity index (χ2v) is 4.95. The molecule has 0 radical (unpaired) electrons. The summed E-state index contributed by atoms with van der Waals surface area (Å²) < 4.78 is 5.47. The summed E-state index contributed by atoms with van der Waals surface area (Å²) in [4.78, 5) is 12.0. The van der Waals surface area contributed by atoms with Crippen LogP contribution >= 0.6 is 0 Å². The number of nitrogens with one attached hydrogen (secondary N) is 2. The van der Waals surface area contributed by atoms with Gasteiger partial charge in [0.1, 0.15) is 0 Å². The maximum Gasteiger partial charge on any atom is 0.224 e. The smallest absolute Gasteiger partial charge is 0.224 e. The van der Waals surface area contributed by atoms with Crippen LogP contribution < -0.4 is 10.6 Å². The molecular formula is C12H22N2O2. The van der Waals surface area contributed by atoms with Gasteiger partial charge in [-0.3, -0.25) is 4.79 Å². The Balaban J connectivity index is 1.77. The first-order chi connectivity index (χ1) is 7.75. The molecule has 0 spiro atoms. The van der Waals surface area contributed by atoms with Crippen LogP contribution in [0.3, 0.4) is 0 Å². The van der Waals surface area contributed by atoms with E-state index in [1.165, 1.54) is 0 Å². The molecule has 16 heavy (non-hydrogen) atoms. The quantitative estimate of drug-likeness (QED) is 0.727. The lowest BCUT2D eigenvalue weighted by Gasteiger charge is -2.30. The highest BCUT2D eigenvalue weighted by Crippen LogP contribution is 2.15. The maximum atomic E-state index is 12.0. The van der Waals surface area contributed by atoms with E-state index in [-0.39, 0.29) is 17.9 Å². The summed E-state index contributed by atoms with van der Waals surface area (Å²) >= 11 is 0. The minimum absolute atomic E-state index is 0.173. The number of carbonyl (C=O) groups is 1. The summed E-state index contributed by atoms with van der Waals surface area (Å²) in [5, 5.41) is 6.44. The minimum Gasteiger partial charge on any atom is -0.378 e. The first-order valence-corrected chi connectivity index (χ1v) is 6.38. The van der Waals surface area contributed by atoms with Crippen molar-refractivity contribution in [1.82, 2.24) is 10.6 Å². The van der Waals surface area contributed by atoms with Gasteiger partial charge in [-0.05, 0) is 39.2 Å². The summed E-state index contributed by atoms with van der Waals surface area (Å²) in [6.07, 6.45) is 4.32.